The first kappa shape index (κ1) is 23.7. The molecule has 33 heavy (non-hydrogen) atoms. The lowest BCUT2D eigenvalue weighted by atomic mass is 9.82. The van der Waals surface area contributed by atoms with Gasteiger partial charge in [0.1, 0.15) is 5.54 Å². The van der Waals surface area contributed by atoms with Crippen molar-refractivity contribution in [1.82, 2.24) is 14.5 Å². The molecule has 1 saturated carbocycles. The third kappa shape index (κ3) is 4.77. The van der Waals surface area contributed by atoms with Gasteiger partial charge in [0.2, 0.25) is 15.9 Å². The van der Waals surface area contributed by atoms with Gasteiger partial charge in [0.25, 0.3) is 5.91 Å². The Morgan fingerprint density at radius 1 is 1.06 bits per heavy atom. The molecule has 3 aliphatic rings. The highest BCUT2D eigenvalue weighted by molar-refractivity contribution is 7.89. The van der Waals surface area contributed by atoms with E-state index in [2.05, 4.69) is 10.6 Å². The van der Waals surface area contributed by atoms with Gasteiger partial charge in [0.05, 0.1) is 4.90 Å². The van der Waals surface area contributed by atoms with E-state index in [1.54, 1.807) is 19.1 Å². The number of anilines is 1. The molecule has 1 aliphatic carbocycles. The smallest absolute Gasteiger partial charge is 0.325 e. The van der Waals surface area contributed by atoms with Gasteiger partial charge in [-0.15, -0.1) is 0 Å². The Morgan fingerprint density at radius 3 is 2.42 bits per heavy atom. The number of rotatable bonds is 6. The molecule has 0 unspecified atom stereocenters. The fourth-order valence-electron chi connectivity index (χ4n) is 4.95. The van der Waals surface area contributed by atoms with Gasteiger partial charge >= 0.3 is 6.03 Å². The van der Waals surface area contributed by atoms with Crippen molar-refractivity contribution in [2.24, 2.45) is 0 Å². The molecule has 0 radical (unpaired) electrons. The highest BCUT2D eigenvalue weighted by Gasteiger charge is 2.51. The minimum atomic E-state index is -3.62. The maximum absolute atomic E-state index is 13.0. The van der Waals surface area contributed by atoms with Gasteiger partial charge in [-0.05, 0) is 50.3 Å². The molecular formula is C23H32N4O5S. The monoisotopic (exact) mass is 476 g/mol. The molecule has 1 spiro atoms. The highest BCUT2D eigenvalue weighted by Crippen LogP contribution is 2.33. The van der Waals surface area contributed by atoms with E-state index in [4.69, 9.17) is 0 Å². The Hall–Kier alpha value is -2.46. The zero-order valence-electron chi connectivity index (χ0n) is 19.1. The molecule has 3 fully saturated rings. The third-order valence-electron chi connectivity index (χ3n) is 6.95. The normalized spacial score (nSPS) is 21.3. The molecule has 0 aromatic heterocycles. The number of nitrogens with zero attached hydrogens (tertiary/aromatic N) is 2. The predicted molar refractivity (Wildman–Crippen MR) is 123 cm³/mol. The summed E-state index contributed by atoms with van der Waals surface area (Å²) in [5.74, 6) is -0.624. The third-order valence-corrected chi connectivity index (χ3v) is 8.85. The summed E-state index contributed by atoms with van der Waals surface area (Å²) in [5.41, 5.74) is 0.343. The highest BCUT2D eigenvalue weighted by atomic mass is 32.2. The predicted octanol–water partition coefficient (Wildman–Crippen LogP) is 2.75. The number of carbonyl (C=O) groups excluding carboxylic acids is 3. The minimum Gasteiger partial charge on any atom is -0.326 e. The summed E-state index contributed by atoms with van der Waals surface area (Å²) in [6.45, 7) is 2.79. The van der Waals surface area contributed by atoms with Crippen LogP contribution in [0.2, 0.25) is 0 Å². The summed E-state index contributed by atoms with van der Waals surface area (Å²) in [7, 11) is -3.62. The zero-order valence-corrected chi connectivity index (χ0v) is 19.9. The molecule has 180 valence electrons. The number of imide groups is 1. The van der Waals surface area contributed by atoms with Crippen LogP contribution in [0.4, 0.5) is 10.5 Å². The van der Waals surface area contributed by atoms with Crippen LogP contribution in [0.25, 0.3) is 0 Å². The Balaban J connectivity index is 1.40. The van der Waals surface area contributed by atoms with E-state index in [1.807, 2.05) is 0 Å². The first-order valence-corrected chi connectivity index (χ1v) is 13.2. The van der Waals surface area contributed by atoms with Crippen LogP contribution in [0.1, 0.15) is 63.4 Å². The molecule has 4 rings (SSSR count). The lowest BCUT2D eigenvalue weighted by Crippen LogP contribution is -2.48. The maximum atomic E-state index is 13.0. The van der Waals surface area contributed by atoms with E-state index >= 15 is 0 Å². The molecule has 9 nitrogen and oxygen atoms in total. The van der Waals surface area contributed by atoms with Crippen LogP contribution < -0.4 is 10.6 Å². The number of hydrogen-bond donors (Lipinski definition) is 2. The van der Waals surface area contributed by atoms with E-state index in [0.717, 1.165) is 49.0 Å². The molecule has 1 aromatic rings. The number of urea groups is 1. The van der Waals surface area contributed by atoms with Crippen molar-refractivity contribution < 1.29 is 22.8 Å². The number of nitrogens with one attached hydrogen (secondary N) is 2. The van der Waals surface area contributed by atoms with Gasteiger partial charge in [0.15, 0.2) is 0 Å². The number of hydrogen-bond acceptors (Lipinski definition) is 5. The van der Waals surface area contributed by atoms with Crippen molar-refractivity contribution in [3.8, 4) is 0 Å². The average molecular weight is 477 g/mol. The molecule has 2 saturated heterocycles. The van der Waals surface area contributed by atoms with E-state index in [-0.39, 0.29) is 29.7 Å². The molecule has 2 N–H and O–H groups in total. The second-order valence-corrected chi connectivity index (χ2v) is 11.2. The molecule has 4 amide bonds. The second-order valence-electron chi connectivity index (χ2n) is 9.27. The zero-order chi connectivity index (χ0) is 23.6. The summed E-state index contributed by atoms with van der Waals surface area (Å²) in [6, 6.07) is 4.28. The number of benzene rings is 1. The maximum Gasteiger partial charge on any atom is 0.325 e. The van der Waals surface area contributed by atoms with Crippen molar-refractivity contribution in [2.75, 3.05) is 25.0 Å². The van der Waals surface area contributed by atoms with Crippen molar-refractivity contribution in [2.45, 2.75) is 75.1 Å². The van der Waals surface area contributed by atoms with Crippen LogP contribution in [0.3, 0.4) is 0 Å². The summed E-state index contributed by atoms with van der Waals surface area (Å²) < 4.78 is 27.5. The van der Waals surface area contributed by atoms with Crippen LogP contribution >= 0.6 is 0 Å². The minimum absolute atomic E-state index is 0.0108. The van der Waals surface area contributed by atoms with Crippen molar-refractivity contribution in [1.29, 1.82) is 0 Å². The summed E-state index contributed by atoms with van der Waals surface area (Å²) in [6.07, 6.45) is 6.79. The number of amides is 4. The largest absolute Gasteiger partial charge is 0.326 e. The fraction of sp³-hybridized carbons (Fsp3) is 0.609. The van der Waals surface area contributed by atoms with Crippen LogP contribution in [0, 0.1) is 6.92 Å². The standard InChI is InChI=1S/C23H32N4O5S/c1-17-8-9-18(33(31,32)26-13-6-3-7-14-26)16-19(17)24-20(28)10-15-27-21(29)23(25-22(27)30)11-4-2-5-12-23/h8-9,16H,2-7,10-15H2,1H3,(H,24,28)(H,25,30). The molecule has 2 aliphatic heterocycles. The molecule has 2 heterocycles. The molecule has 0 bridgehead atoms. The van der Waals surface area contributed by atoms with Gasteiger partial charge in [-0.1, -0.05) is 31.7 Å². The van der Waals surface area contributed by atoms with Crippen LogP contribution in [-0.4, -0.2) is 60.6 Å². The number of carbonyl (C=O) groups is 3. The van der Waals surface area contributed by atoms with E-state index in [0.29, 0.717) is 31.6 Å². The van der Waals surface area contributed by atoms with Crippen LogP contribution in [0.15, 0.2) is 23.1 Å². The van der Waals surface area contributed by atoms with Gasteiger partial charge in [0, 0.05) is 31.7 Å². The second kappa shape index (κ2) is 9.42. The van der Waals surface area contributed by atoms with E-state index < -0.39 is 21.6 Å². The molecule has 0 atom stereocenters. The molecule has 10 heteroatoms. The first-order chi connectivity index (χ1) is 15.7. The number of sulfonamides is 1. The SMILES string of the molecule is Cc1ccc(S(=O)(=O)N2CCCCC2)cc1NC(=O)CCN1C(=O)NC2(CCCCC2)C1=O. The Morgan fingerprint density at radius 2 is 1.73 bits per heavy atom. The van der Waals surface area contributed by atoms with E-state index in [9.17, 15) is 22.8 Å². The Labute approximate surface area is 194 Å². The quantitative estimate of drug-likeness (QED) is 0.613. The van der Waals surface area contributed by atoms with Gasteiger partial charge in [-0.25, -0.2) is 13.2 Å². The van der Waals surface area contributed by atoms with Crippen molar-refractivity contribution in [3.05, 3.63) is 23.8 Å². The summed E-state index contributed by atoms with van der Waals surface area (Å²) in [4.78, 5) is 39.2. The fourth-order valence-corrected chi connectivity index (χ4v) is 6.49. The molecular weight excluding hydrogens is 444 g/mol. The summed E-state index contributed by atoms with van der Waals surface area (Å²) in [5, 5.41) is 5.60. The van der Waals surface area contributed by atoms with Crippen molar-refractivity contribution in [3.63, 3.8) is 0 Å². The van der Waals surface area contributed by atoms with Gasteiger partial charge < -0.3 is 10.6 Å². The lowest BCUT2D eigenvalue weighted by molar-refractivity contribution is -0.132. The number of piperidine rings is 1. The van der Waals surface area contributed by atoms with Gasteiger partial charge in [-0.3, -0.25) is 14.5 Å². The van der Waals surface area contributed by atoms with Crippen LogP contribution in [-0.2, 0) is 19.6 Å². The van der Waals surface area contributed by atoms with Crippen LogP contribution in [0.5, 0.6) is 0 Å². The van der Waals surface area contributed by atoms with Gasteiger partial charge in [-0.2, -0.15) is 4.31 Å². The average Bonchev–Trinajstić information content (AvgIpc) is 3.03. The van der Waals surface area contributed by atoms with Crippen molar-refractivity contribution >= 4 is 33.6 Å². The number of aryl methyl sites for hydroxylation is 1. The Bertz CT molecular complexity index is 1040. The first-order valence-electron chi connectivity index (χ1n) is 11.8. The molecule has 1 aromatic carbocycles. The Kier molecular flexibility index (Phi) is 6.76. The lowest BCUT2D eigenvalue weighted by Gasteiger charge is -2.30. The topological polar surface area (TPSA) is 116 Å². The van der Waals surface area contributed by atoms with E-state index in [1.165, 1.54) is 10.4 Å². The summed E-state index contributed by atoms with van der Waals surface area (Å²) >= 11 is 0.